The van der Waals surface area contributed by atoms with Crippen LogP contribution < -0.4 is 15.4 Å². The number of hydrogen-bond acceptors (Lipinski definition) is 4. The van der Waals surface area contributed by atoms with Gasteiger partial charge >= 0.3 is 0 Å². The Morgan fingerprint density at radius 2 is 1.60 bits per heavy atom. The molecule has 30 heavy (non-hydrogen) atoms. The van der Waals surface area contributed by atoms with E-state index >= 15 is 0 Å². The predicted molar refractivity (Wildman–Crippen MR) is 115 cm³/mol. The van der Waals surface area contributed by atoms with Crippen molar-refractivity contribution < 1.29 is 18.0 Å². The van der Waals surface area contributed by atoms with E-state index in [1.54, 1.807) is 24.3 Å². The van der Waals surface area contributed by atoms with Crippen LogP contribution in [0, 0.1) is 0 Å². The van der Waals surface area contributed by atoms with Gasteiger partial charge in [0.15, 0.2) is 0 Å². The van der Waals surface area contributed by atoms with Crippen molar-refractivity contribution in [3.8, 4) is 0 Å². The number of carbonyl (C=O) groups is 2. The number of carbonyl (C=O) groups excluding carboxylic acids is 2. The number of hydrogen-bond donors (Lipinski definition) is 3. The van der Waals surface area contributed by atoms with Gasteiger partial charge in [-0.1, -0.05) is 29.3 Å². The molecule has 0 aromatic heterocycles. The Balaban J connectivity index is 1.56. The summed E-state index contributed by atoms with van der Waals surface area (Å²) in [6, 6.07) is 8.98. The van der Waals surface area contributed by atoms with Crippen LogP contribution in [0.4, 0.5) is 5.69 Å². The fraction of sp³-hybridized carbons (Fsp3) is 0.300. The zero-order valence-electron chi connectivity index (χ0n) is 15.7. The molecule has 2 aliphatic rings. The summed E-state index contributed by atoms with van der Waals surface area (Å²) in [5, 5.41) is 5.49. The Hall–Kier alpha value is -2.13. The molecule has 0 bridgehead atoms. The second-order valence-electron chi connectivity index (χ2n) is 7.44. The lowest BCUT2D eigenvalue weighted by molar-refractivity contribution is 0.0949. The molecule has 2 amide bonds. The monoisotopic (exact) mass is 467 g/mol. The van der Waals surface area contributed by atoms with Gasteiger partial charge in [-0.2, -0.15) is 0 Å². The van der Waals surface area contributed by atoms with Crippen molar-refractivity contribution in [3.63, 3.8) is 0 Å². The average molecular weight is 468 g/mol. The number of rotatable bonds is 7. The van der Waals surface area contributed by atoms with Gasteiger partial charge in [0.05, 0.1) is 15.6 Å². The third kappa shape index (κ3) is 4.95. The predicted octanol–water partition coefficient (Wildman–Crippen LogP) is 3.58. The Kier molecular flexibility index (Phi) is 5.76. The van der Waals surface area contributed by atoms with E-state index in [2.05, 4.69) is 15.4 Å². The van der Waals surface area contributed by atoms with E-state index < -0.39 is 15.9 Å². The lowest BCUT2D eigenvalue weighted by Gasteiger charge is -2.12. The van der Waals surface area contributed by atoms with Crippen molar-refractivity contribution in [1.82, 2.24) is 10.0 Å². The molecule has 2 saturated carbocycles. The highest BCUT2D eigenvalue weighted by Crippen LogP contribution is 2.31. The first-order valence-corrected chi connectivity index (χ1v) is 11.7. The normalized spacial score (nSPS) is 16.2. The number of anilines is 1. The minimum atomic E-state index is -3.87. The van der Waals surface area contributed by atoms with Crippen LogP contribution in [0.1, 0.15) is 46.4 Å². The molecule has 2 aromatic rings. The van der Waals surface area contributed by atoms with E-state index in [1.807, 2.05) is 0 Å². The molecule has 0 spiro atoms. The molecule has 7 nitrogen and oxygen atoms in total. The maximum Gasteiger partial charge on any atom is 0.257 e. The highest BCUT2D eigenvalue weighted by Gasteiger charge is 2.30. The Bertz CT molecular complexity index is 1130. The molecule has 4 rings (SSSR count). The van der Waals surface area contributed by atoms with Crippen molar-refractivity contribution in [2.24, 2.45) is 0 Å². The number of nitrogens with one attached hydrogen (secondary N) is 3. The van der Waals surface area contributed by atoms with Gasteiger partial charge in [-0.3, -0.25) is 9.59 Å². The van der Waals surface area contributed by atoms with Crippen LogP contribution in [0.15, 0.2) is 41.3 Å². The van der Waals surface area contributed by atoms with Crippen molar-refractivity contribution in [1.29, 1.82) is 0 Å². The first kappa shape index (κ1) is 21.1. The first-order valence-electron chi connectivity index (χ1n) is 9.46. The standard InChI is InChI=1S/C20H19Cl2N3O4S/c21-16-10-17(22)18(30(28,29)25-13-6-7-13)9-15(16)20(27)24-14-3-1-2-11(8-14)19(26)23-12-4-5-12/h1-3,8-10,12-13,25H,4-7H2,(H,23,26)(H,24,27). The molecule has 2 aliphatic carbocycles. The van der Waals surface area contributed by atoms with Gasteiger partial charge < -0.3 is 10.6 Å². The number of sulfonamides is 1. The van der Waals surface area contributed by atoms with Gasteiger partial charge in [0, 0.05) is 23.3 Å². The average Bonchev–Trinajstić information content (AvgIpc) is 3.59. The second kappa shape index (κ2) is 8.19. The maximum atomic E-state index is 12.8. The molecular formula is C20H19Cl2N3O4S. The molecule has 0 heterocycles. The molecule has 0 aliphatic heterocycles. The van der Waals surface area contributed by atoms with Crippen LogP contribution in [0.3, 0.4) is 0 Å². The summed E-state index contributed by atoms with van der Waals surface area (Å²) in [5.74, 6) is -0.822. The van der Waals surface area contributed by atoms with E-state index in [0.29, 0.717) is 11.3 Å². The number of benzene rings is 2. The van der Waals surface area contributed by atoms with Crippen LogP contribution in [-0.2, 0) is 10.0 Å². The van der Waals surface area contributed by atoms with Crippen molar-refractivity contribution in [2.75, 3.05) is 5.32 Å². The van der Waals surface area contributed by atoms with Crippen LogP contribution in [0.2, 0.25) is 10.0 Å². The van der Waals surface area contributed by atoms with Gasteiger partial charge in [0.2, 0.25) is 10.0 Å². The highest BCUT2D eigenvalue weighted by molar-refractivity contribution is 7.89. The zero-order chi connectivity index (χ0) is 21.5. The smallest absolute Gasteiger partial charge is 0.257 e. The summed E-state index contributed by atoms with van der Waals surface area (Å²) in [4.78, 5) is 24.8. The maximum absolute atomic E-state index is 12.8. The van der Waals surface area contributed by atoms with E-state index in [4.69, 9.17) is 23.2 Å². The molecule has 0 unspecified atom stereocenters. The summed E-state index contributed by atoms with van der Waals surface area (Å²) >= 11 is 12.2. The molecular weight excluding hydrogens is 449 g/mol. The largest absolute Gasteiger partial charge is 0.349 e. The molecule has 0 radical (unpaired) electrons. The lowest BCUT2D eigenvalue weighted by Crippen LogP contribution is -2.26. The quantitative estimate of drug-likeness (QED) is 0.578. The second-order valence-corrected chi connectivity index (χ2v) is 9.94. The van der Waals surface area contributed by atoms with Crippen molar-refractivity contribution in [3.05, 3.63) is 57.6 Å². The SMILES string of the molecule is O=C(NC1CC1)c1cccc(NC(=O)c2cc(S(=O)(=O)NC3CC3)c(Cl)cc2Cl)c1. The molecule has 0 atom stereocenters. The highest BCUT2D eigenvalue weighted by atomic mass is 35.5. The minimum Gasteiger partial charge on any atom is -0.349 e. The fourth-order valence-electron chi connectivity index (χ4n) is 2.83. The van der Waals surface area contributed by atoms with Crippen LogP contribution in [-0.4, -0.2) is 32.3 Å². The van der Waals surface area contributed by atoms with Gasteiger partial charge in [0.25, 0.3) is 11.8 Å². The summed E-state index contributed by atoms with van der Waals surface area (Å²) < 4.78 is 27.6. The number of amides is 2. The van der Waals surface area contributed by atoms with Crippen LogP contribution in [0.5, 0.6) is 0 Å². The summed E-state index contributed by atoms with van der Waals surface area (Å²) in [5.41, 5.74) is 0.763. The Morgan fingerprint density at radius 3 is 2.27 bits per heavy atom. The zero-order valence-corrected chi connectivity index (χ0v) is 18.1. The van der Waals surface area contributed by atoms with E-state index in [-0.39, 0.29) is 38.5 Å². The van der Waals surface area contributed by atoms with Gasteiger partial charge in [-0.05, 0) is 56.0 Å². The lowest BCUT2D eigenvalue weighted by atomic mass is 10.1. The first-order chi connectivity index (χ1) is 14.2. The van der Waals surface area contributed by atoms with Gasteiger partial charge in [-0.25, -0.2) is 13.1 Å². The molecule has 3 N–H and O–H groups in total. The molecule has 2 aromatic carbocycles. The van der Waals surface area contributed by atoms with Gasteiger partial charge in [-0.15, -0.1) is 0 Å². The van der Waals surface area contributed by atoms with E-state index in [0.717, 1.165) is 31.7 Å². The third-order valence-electron chi connectivity index (χ3n) is 4.75. The van der Waals surface area contributed by atoms with Crippen molar-refractivity contribution >= 4 is 50.7 Å². The molecule has 158 valence electrons. The van der Waals surface area contributed by atoms with Crippen LogP contribution >= 0.6 is 23.2 Å². The summed E-state index contributed by atoms with van der Waals surface area (Å²) in [7, 11) is -3.87. The topological polar surface area (TPSA) is 104 Å². The summed E-state index contributed by atoms with van der Waals surface area (Å²) in [6.07, 6.45) is 3.47. The van der Waals surface area contributed by atoms with Gasteiger partial charge in [0.1, 0.15) is 4.90 Å². The van der Waals surface area contributed by atoms with E-state index in [1.165, 1.54) is 6.07 Å². The Labute approximate surface area is 184 Å². The van der Waals surface area contributed by atoms with Crippen molar-refractivity contribution in [2.45, 2.75) is 42.7 Å². The molecule has 0 saturated heterocycles. The molecule has 10 heteroatoms. The number of halogens is 2. The minimum absolute atomic E-state index is 0.0190. The fourth-order valence-corrected chi connectivity index (χ4v) is 4.99. The Morgan fingerprint density at radius 1 is 0.900 bits per heavy atom. The van der Waals surface area contributed by atoms with Crippen LogP contribution in [0.25, 0.3) is 0 Å². The third-order valence-corrected chi connectivity index (χ3v) is 7.05. The van der Waals surface area contributed by atoms with E-state index in [9.17, 15) is 18.0 Å². The summed E-state index contributed by atoms with van der Waals surface area (Å²) in [6.45, 7) is 0. The molecule has 2 fully saturated rings.